The molecule has 0 fully saturated rings. The molecule has 0 unspecified atom stereocenters. The number of nitrogen functional groups attached to an aromatic ring is 3. The minimum absolute atomic E-state index is 0.102. The van der Waals surface area contributed by atoms with E-state index in [9.17, 15) is 107 Å². The van der Waals surface area contributed by atoms with Crippen LogP contribution in [0.1, 0.15) is 31.1 Å². The molecule has 0 amide bonds. The Morgan fingerprint density at radius 2 is 0.693 bits per heavy atom. The van der Waals surface area contributed by atoms with E-state index < -0.39 is 174 Å². The summed E-state index contributed by atoms with van der Waals surface area (Å²) < 4.78 is 150. The standard InChI is InChI=1S/C58H41N15O24S4/c1-97-40-19-26(65-72-51-44(101(94,95)96)21-30-28(54(51)77)7-9-35(60)48(30)69-63-25-5-13-39(75)33(18-25)58(83)84)3-11-37(40)67-73-52-42(99(88,89)90)15-22-14-41(98(85,86)87)49(46(61)45(22)55(52)78)70-66-36-10-2-23(16-31(36)56(79)80)64-71-50-43(100(91,92)93)20-29-27(53(50)76)6-8-34(59)47(29)68-62-24-4-12-38(74)32(17-24)57(81)82/h2-21,74-78H,59-61H2,1H3,(H,79,80)(H,81,82)(H,83,84)(H,85,86,87)(H,88,89,90)(H,91,92,93)(H,94,95,96). The molecule has 0 aromatic heterocycles. The number of phenols is 5. The van der Waals surface area contributed by atoms with Crippen molar-refractivity contribution in [1.82, 2.24) is 0 Å². The number of fused-ring (bicyclic) bond motifs is 3. The van der Waals surface area contributed by atoms with Crippen LogP contribution in [-0.4, -0.2) is 118 Å². The predicted octanol–water partition coefficient (Wildman–Crippen LogP) is 13.0. The highest BCUT2D eigenvalue weighted by atomic mass is 32.2. The Hall–Kier alpha value is -13.2. The van der Waals surface area contributed by atoms with Crippen LogP contribution in [0.5, 0.6) is 34.5 Å². The number of phenolic OH excluding ortho intramolecular Hbond substituents is 3. The van der Waals surface area contributed by atoms with Crippen LogP contribution in [0.25, 0.3) is 32.3 Å². The average molecular weight is 1460 g/mol. The lowest BCUT2D eigenvalue weighted by Gasteiger charge is -2.14. The molecule has 0 heterocycles. The molecule has 0 saturated heterocycles. The molecule has 0 radical (unpaired) electrons. The van der Waals surface area contributed by atoms with Gasteiger partial charge in [0.25, 0.3) is 40.5 Å². The number of ether oxygens (including phenoxy) is 1. The van der Waals surface area contributed by atoms with Crippen LogP contribution in [0.2, 0.25) is 0 Å². The third-order valence-corrected chi connectivity index (χ3v) is 17.7. The number of methoxy groups -OCH3 is 1. The molecule has 101 heavy (non-hydrogen) atoms. The third kappa shape index (κ3) is 14.3. The van der Waals surface area contributed by atoms with E-state index in [1.54, 1.807) is 0 Å². The monoisotopic (exact) mass is 1460 g/mol. The van der Waals surface area contributed by atoms with E-state index in [1.165, 1.54) is 36.4 Å². The molecular weight excluding hydrogens is 1420 g/mol. The lowest BCUT2D eigenvalue weighted by molar-refractivity contribution is 0.0682. The Kier molecular flexibility index (Phi) is 18.7. The number of rotatable bonds is 20. The van der Waals surface area contributed by atoms with Gasteiger partial charge in [-0.05, 0) is 121 Å². The molecule has 0 atom stereocenters. The van der Waals surface area contributed by atoms with Gasteiger partial charge in [-0.3, -0.25) is 18.2 Å². The number of carbonyl (C=O) groups is 3. The molecule has 0 spiro atoms. The number of azo groups is 6. The van der Waals surface area contributed by atoms with E-state index in [4.69, 9.17) is 21.9 Å². The molecular formula is C58H41N15O24S4. The van der Waals surface area contributed by atoms with E-state index in [0.717, 1.165) is 79.9 Å². The minimum Gasteiger partial charge on any atom is -0.507 e. The van der Waals surface area contributed by atoms with Gasteiger partial charge in [0, 0.05) is 27.6 Å². The maximum atomic E-state index is 12.9. The number of nitrogens with two attached hydrogens (primary N) is 3. The summed E-state index contributed by atoms with van der Waals surface area (Å²) in [4.78, 5) is 31.2. The van der Waals surface area contributed by atoms with Crippen molar-refractivity contribution < 1.29 is 112 Å². The SMILES string of the molecule is COc1cc(N=Nc2c(S(=O)(=O)O)cc3c(N=Nc4ccc(O)c(C(=O)O)c4)c(N)ccc3c2O)ccc1N=Nc1c(S(=O)(=O)O)cc2cc(S(=O)(=O)O)c(N=Nc3ccc(N=Nc4c(S(=O)(=O)O)cc5c(N=Nc6ccc(O)c(C(=O)O)c6)c(N)ccc5c4O)cc3C(=O)O)c(N)c2c1O. The zero-order chi connectivity index (χ0) is 73.7. The van der Waals surface area contributed by atoms with Crippen LogP contribution < -0.4 is 21.9 Å². The fourth-order valence-corrected chi connectivity index (χ4v) is 12.2. The van der Waals surface area contributed by atoms with Gasteiger partial charge in [-0.2, -0.15) is 54.1 Å². The number of nitrogens with zero attached hydrogens (tertiary/aromatic N) is 12. The van der Waals surface area contributed by atoms with Crippen LogP contribution in [0.4, 0.5) is 85.3 Å². The van der Waals surface area contributed by atoms with Crippen molar-refractivity contribution in [2.24, 2.45) is 61.4 Å². The van der Waals surface area contributed by atoms with Crippen LogP contribution >= 0.6 is 0 Å². The first-order chi connectivity index (χ1) is 47.3. The molecule has 39 nitrogen and oxygen atoms in total. The number of hydrogen-bond donors (Lipinski definition) is 15. The van der Waals surface area contributed by atoms with Crippen molar-refractivity contribution in [2.45, 2.75) is 19.6 Å². The molecule has 10 aromatic carbocycles. The van der Waals surface area contributed by atoms with Gasteiger partial charge in [-0.25, -0.2) is 14.4 Å². The minimum atomic E-state index is -5.50. The summed E-state index contributed by atoms with van der Waals surface area (Å²) in [7, 11) is -20.5. The van der Waals surface area contributed by atoms with E-state index in [-0.39, 0.29) is 72.8 Å². The maximum Gasteiger partial charge on any atom is 0.339 e. The third-order valence-electron chi connectivity index (χ3n) is 14.3. The zero-order valence-corrected chi connectivity index (χ0v) is 53.3. The van der Waals surface area contributed by atoms with Gasteiger partial charge in [0.1, 0.15) is 93.5 Å². The lowest BCUT2D eigenvalue weighted by Crippen LogP contribution is -2.04. The largest absolute Gasteiger partial charge is 0.507 e. The predicted molar refractivity (Wildman–Crippen MR) is 351 cm³/mol. The van der Waals surface area contributed by atoms with Gasteiger partial charge in [0.15, 0.2) is 17.2 Å². The molecule has 0 bridgehead atoms. The van der Waals surface area contributed by atoms with Gasteiger partial charge in [-0.15, -0.1) is 40.9 Å². The first-order valence-corrected chi connectivity index (χ1v) is 33.0. The number of benzene rings is 10. The average Bonchev–Trinajstić information content (AvgIpc) is 0.749. The quantitative estimate of drug-likeness (QED) is 0.0191. The Bertz CT molecular complexity index is 5990. The highest BCUT2D eigenvalue weighted by Gasteiger charge is 2.31. The summed E-state index contributed by atoms with van der Waals surface area (Å²) in [5.41, 5.74) is 9.24. The van der Waals surface area contributed by atoms with Gasteiger partial charge < -0.3 is 62.8 Å². The van der Waals surface area contributed by atoms with Crippen molar-refractivity contribution in [3.8, 4) is 34.5 Å². The number of aromatic carboxylic acids is 3. The van der Waals surface area contributed by atoms with Crippen LogP contribution in [0.3, 0.4) is 0 Å². The molecule has 0 aliphatic heterocycles. The first-order valence-electron chi connectivity index (χ1n) is 27.2. The van der Waals surface area contributed by atoms with Gasteiger partial charge in [0.2, 0.25) is 0 Å². The van der Waals surface area contributed by atoms with Gasteiger partial charge >= 0.3 is 17.9 Å². The normalized spacial score (nSPS) is 12.6. The molecule has 0 aliphatic rings. The van der Waals surface area contributed by atoms with E-state index in [0.29, 0.717) is 12.1 Å². The van der Waals surface area contributed by atoms with Crippen molar-refractivity contribution in [2.75, 3.05) is 24.3 Å². The Morgan fingerprint density at radius 1 is 0.356 bits per heavy atom. The topological polar surface area (TPSA) is 666 Å². The first kappa shape index (κ1) is 70.6. The molecule has 43 heteroatoms. The summed E-state index contributed by atoms with van der Waals surface area (Å²) in [6.07, 6.45) is 0. The van der Waals surface area contributed by atoms with Crippen molar-refractivity contribution in [3.63, 3.8) is 0 Å². The second-order valence-electron chi connectivity index (χ2n) is 20.6. The number of carboxylic acid groups (broad SMARTS) is 3. The fourth-order valence-electron chi connectivity index (χ4n) is 9.57. The lowest BCUT2D eigenvalue weighted by atomic mass is 10.1. The maximum absolute atomic E-state index is 12.9. The van der Waals surface area contributed by atoms with Gasteiger partial charge in [-0.1, -0.05) is 0 Å². The van der Waals surface area contributed by atoms with Crippen molar-refractivity contribution in [3.05, 3.63) is 138 Å². The van der Waals surface area contributed by atoms with Crippen molar-refractivity contribution in [1.29, 1.82) is 0 Å². The van der Waals surface area contributed by atoms with Crippen molar-refractivity contribution >= 4 is 176 Å². The smallest absolute Gasteiger partial charge is 0.339 e. The Labute approximate surface area is 562 Å². The summed E-state index contributed by atoms with van der Waals surface area (Å²) in [6.45, 7) is 0. The molecule has 18 N–H and O–H groups in total. The highest BCUT2D eigenvalue weighted by molar-refractivity contribution is 7.86. The summed E-state index contributed by atoms with van der Waals surface area (Å²) in [5, 5.41) is 128. The summed E-state index contributed by atoms with van der Waals surface area (Å²) >= 11 is 0. The molecule has 10 rings (SSSR count). The number of anilines is 3. The second kappa shape index (κ2) is 26.7. The zero-order valence-electron chi connectivity index (χ0n) is 50.0. The van der Waals surface area contributed by atoms with Crippen LogP contribution in [0.15, 0.2) is 202 Å². The van der Waals surface area contributed by atoms with Gasteiger partial charge in [0.05, 0.1) is 57.9 Å². The highest BCUT2D eigenvalue weighted by Crippen LogP contribution is 2.51. The van der Waals surface area contributed by atoms with E-state index in [1.807, 2.05) is 0 Å². The number of hydrogen-bond acceptors (Lipinski definition) is 32. The molecule has 0 aliphatic carbocycles. The van der Waals surface area contributed by atoms with Crippen LogP contribution in [-0.2, 0) is 40.5 Å². The van der Waals surface area contributed by atoms with E-state index >= 15 is 0 Å². The summed E-state index contributed by atoms with van der Waals surface area (Å²) in [5.74, 6) is -9.38. The molecule has 10 aromatic rings. The number of carboxylic acids is 3. The Morgan fingerprint density at radius 3 is 1.11 bits per heavy atom. The molecule has 0 saturated carbocycles. The summed E-state index contributed by atoms with van der Waals surface area (Å²) in [6, 6.07) is 19.8. The van der Waals surface area contributed by atoms with Crippen LogP contribution in [0, 0.1) is 0 Å². The fraction of sp³-hybridized carbons (Fsp3) is 0.0172. The molecule has 516 valence electrons. The Balaban J connectivity index is 0.979. The number of aromatic hydroxyl groups is 5. The van der Waals surface area contributed by atoms with E-state index in [2.05, 4.69) is 61.4 Å². The second-order valence-corrected chi connectivity index (χ2v) is 26.2.